The monoisotopic (exact) mass is 327 g/mol. The molecule has 1 aliphatic rings. The molecule has 0 aliphatic carbocycles. The zero-order valence-electron chi connectivity index (χ0n) is 13.7. The summed E-state index contributed by atoms with van der Waals surface area (Å²) in [6.45, 7) is 4.86. The van der Waals surface area contributed by atoms with Gasteiger partial charge < -0.3 is 9.64 Å². The number of methoxy groups -OCH3 is 1. The number of thioether (sulfide) groups is 1. The number of ether oxygens (including phenoxy) is 1. The quantitative estimate of drug-likeness (QED) is 0.847. The van der Waals surface area contributed by atoms with Crippen LogP contribution in [-0.2, 0) is 11.3 Å². The van der Waals surface area contributed by atoms with E-state index in [2.05, 4.69) is 32.0 Å². The summed E-state index contributed by atoms with van der Waals surface area (Å²) >= 11 is 1.70. The fourth-order valence-corrected chi connectivity index (χ4v) is 3.92. The molecule has 23 heavy (non-hydrogen) atoms. The van der Waals surface area contributed by atoms with Crippen molar-refractivity contribution < 1.29 is 9.53 Å². The lowest BCUT2D eigenvalue weighted by molar-refractivity contribution is -0.128. The molecule has 0 spiro atoms. The molecular weight excluding hydrogens is 306 g/mol. The smallest absolute Gasteiger partial charge is 0.234 e. The van der Waals surface area contributed by atoms with Gasteiger partial charge in [-0.05, 0) is 48.2 Å². The first-order chi connectivity index (χ1) is 11.1. The lowest BCUT2D eigenvalue weighted by Gasteiger charge is -2.25. The van der Waals surface area contributed by atoms with E-state index in [1.54, 1.807) is 18.9 Å². The van der Waals surface area contributed by atoms with E-state index in [1.807, 2.05) is 29.2 Å². The molecule has 0 aromatic heterocycles. The van der Waals surface area contributed by atoms with Crippen LogP contribution < -0.4 is 4.74 Å². The maximum absolute atomic E-state index is 12.3. The third kappa shape index (κ3) is 3.37. The van der Waals surface area contributed by atoms with Crippen molar-refractivity contribution in [1.29, 1.82) is 0 Å². The molecule has 1 amide bonds. The average Bonchev–Trinajstić information content (AvgIpc) is 2.92. The summed E-state index contributed by atoms with van der Waals surface area (Å²) in [5.41, 5.74) is 4.88. The number of aryl methyl sites for hydroxylation is 2. The van der Waals surface area contributed by atoms with Crippen molar-refractivity contribution in [2.24, 2.45) is 0 Å². The Labute approximate surface area is 141 Å². The van der Waals surface area contributed by atoms with Gasteiger partial charge in [0.15, 0.2) is 0 Å². The van der Waals surface area contributed by atoms with Crippen LogP contribution in [0, 0.1) is 13.8 Å². The number of carbonyl (C=O) groups is 1. The Balaban J connectivity index is 1.82. The van der Waals surface area contributed by atoms with E-state index < -0.39 is 0 Å². The van der Waals surface area contributed by atoms with Crippen LogP contribution in [0.4, 0.5) is 0 Å². The second-order valence-electron chi connectivity index (χ2n) is 5.88. The number of hydrogen-bond donors (Lipinski definition) is 0. The van der Waals surface area contributed by atoms with Crippen LogP contribution in [0.15, 0.2) is 42.5 Å². The second kappa shape index (κ2) is 6.67. The third-order valence-electron chi connectivity index (χ3n) is 4.30. The van der Waals surface area contributed by atoms with E-state index in [-0.39, 0.29) is 11.3 Å². The van der Waals surface area contributed by atoms with Crippen molar-refractivity contribution in [2.45, 2.75) is 25.8 Å². The number of nitrogens with zero attached hydrogens (tertiary/aromatic N) is 1. The number of hydrogen-bond acceptors (Lipinski definition) is 3. The number of carbonyl (C=O) groups excluding carboxylic acids is 1. The molecule has 120 valence electrons. The van der Waals surface area contributed by atoms with E-state index in [4.69, 9.17) is 4.74 Å². The van der Waals surface area contributed by atoms with Crippen molar-refractivity contribution >= 4 is 17.7 Å². The van der Waals surface area contributed by atoms with Crippen molar-refractivity contribution in [3.8, 4) is 5.75 Å². The van der Waals surface area contributed by atoms with Crippen LogP contribution in [0.3, 0.4) is 0 Å². The first-order valence-electron chi connectivity index (χ1n) is 7.69. The van der Waals surface area contributed by atoms with Gasteiger partial charge in [0.25, 0.3) is 0 Å². The van der Waals surface area contributed by atoms with Crippen LogP contribution in [-0.4, -0.2) is 23.7 Å². The molecule has 2 aromatic carbocycles. The highest BCUT2D eigenvalue weighted by Gasteiger charge is 2.32. The highest BCUT2D eigenvalue weighted by Crippen LogP contribution is 2.40. The van der Waals surface area contributed by atoms with Crippen LogP contribution in [0.5, 0.6) is 5.75 Å². The van der Waals surface area contributed by atoms with Crippen LogP contribution in [0.2, 0.25) is 0 Å². The van der Waals surface area contributed by atoms with E-state index in [1.165, 1.54) is 16.7 Å². The molecule has 1 fully saturated rings. The number of rotatable bonds is 4. The lowest BCUT2D eigenvalue weighted by Crippen LogP contribution is -2.27. The topological polar surface area (TPSA) is 29.5 Å². The van der Waals surface area contributed by atoms with Gasteiger partial charge in [-0.2, -0.15) is 0 Å². The fourth-order valence-electron chi connectivity index (χ4n) is 2.75. The minimum absolute atomic E-state index is 0.101. The normalized spacial score (nSPS) is 17.6. The van der Waals surface area contributed by atoms with Gasteiger partial charge >= 0.3 is 0 Å². The van der Waals surface area contributed by atoms with Gasteiger partial charge in [-0.3, -0.25) is 4.79 Å². The van der Waals surface area contributed by atoms with Crippen LogP contribution in [0.25, 0.3) is 0 Å². The maximum Gasteiger partial charge on any atom is 0.234 e. The summed E-state index contributed by atoms with van der Waals surface area (Å²) in [4.78, 5) is 14.3. The van der Waals surface area contributed by atoms with Gasteiger partial charge in [0, 0.05) is 6.54 Å². The molecular formula is C19H21NO2S. The summed E-state index contributed by atoms with van der Waals surface area (Å²) in [7, 11) is 1.66. The molecule has 0 saturated carbocycles. The highest BCUT2D eigenvalue weighted by molar-refractivity contribution is 8.00. The Hall–Kier alpha value is -1.94. The molecule has 4 heteroatoms. The lowest BCUT2D eigenvalue weighted by atomic mass is 10.1. The molecule has 0 bridgehead atoms. The predicted octanol–water partition coefficient (Wildman–Crippen LogP) is 4.09. The molecule has 3 nitrogen and oxygen atoms in total. The van der Waals surface area contributed by atoms with E-state index in [0.29, 0.717) is 12.3 Å². The fraction of sp³-hybridized carbons (Fsp3) is 0.316. The van der Waals surface area contributed by atoms with E-state index in [0.717, 1.165) is 11.3 Å². The van der Waals surface area contributed by atoms with E-state index >= 15 is 0 Å². The van der Waals surface area contributed by atoms with Crippen molar-refractivity contribution in [2.75, 3.05) is 12.9 Å². The first-order valence-corrected chi connectivity index (χ1v) is 8.74. The van der Waals surface area contributed by atoms with Gasteiger partial charge in [-0.15, -0.1) is 11.8 Å². The van der Waals surface area contributed by atoms with E-state index in [9.17, 15) is 4.79 Å². The second-order valence-corrected chi connectivity index (χ2v) is 6.95. The van der Waals surface area contributed by atoms with Crippen LogP contribution in [0.1, 0.15) is 27.6 Å². The molecule has 1 atom stereocenters. The molecule has 1 aliphatic heterocycles. The van der Waals surface area contributed by atoms with Crippen molar-refractivity contribution in [3.63, 3.8) is 0 Å². The summed E-state index contributed by atoms with van der Waals surface area (Å²) < 4.78 is 5.19. The molecule has 1 saturated heterocycles. The zero-order valence-corrected chi connectivity index (χ0v) is 14.5. The Morgan fingerprint density at radius 3 is 2.52 bits per heavy atom. The van der Waals surface area contributed by atoms with Gasteiger partial charge in [-0.1, -0.05) is 30.3 Å². The Morgan fingerprint density at radius 2 is 1.87 bits per heavy atom. The molecule has 0 N–H and O–H groups in total. The molecule has 0 unspecified atom stereocenters. The van der Waals surface area contributed by atoms with Gasteiger partial charge in [0.1, 0.15) is 11.1 Å². The molecule has 2 aromatic rings. The zero-order chi connectivity index (χ0) is 16.4. The maximum atomic E-state index is 12.3. The minimum Gasteiger partial charge on any atom is -0.497 e. The predicted molar refractivity (Wildman–Crippen MR) is 94.7 cm³/mol. The molecule has 0 radical (unpaired) electrons. The standard InChI is InChI=1S/C19H21NO2S/c1-13-4-7-16(10-14(13)2)19-20(18(21)12-23-19)11-15-5-8-17(22-3)9-6-15/h4-10,19H,11-12H2,1-3H3/t19-/m1/s1. The summed E-state index contributed by atoms with van der Waals surface area (Å²) in [6.07, 6.45) is 0. The number of benzene rings is 2. The highest BCUT2D eigenvalue weighted by atomic mass is 32.2. The van der Waals surface area contributed by atoms with Gasteiger partial charge in [0.2, 0.25) is 5.91 Å². The number of amides is 1. The summed E-state index contributed by atoms with van der Waals surface area (Å²) in [5, 5.41) is 0.101. The molecule has 1 heterocycles. The third-order valence-corrected chi connectivity index (χ3v) is 5.55. The SMILES string of the molecule is COc1ccc(CN2C(=O)CS[C@@H]2c2ccc(C)c(C)c2)cc1. The Bertz CT molecular complexity index is 712. The first kappa shape index (κ1) is 15.9. The van der Waals surface area contributed by atoms with Crippen LogP contribution >= 0.6 is 11.8 Å². The van der Waals surface area contributed by atoms with Crippen molar-refractivity contribution in [1.82, 2.24) is 4.90 Å². The largest absolute Gasteiger partial charge is 0.497 e. The average molecular weight is 327 g/mol. The van der Waals surface area contributed by atoms with Gasteiger partial charge in [-0.25, -0.2) is 0 Å². The van der Waals surface area contributed by atoms with Gasteiger partial charge in [0.05, 0.1) is 12.9 Å². The summed E-state index contributed by atoms with van der Waals surface area (Å²) in [6, 6.07) is 14.4. The summed E-state index contributed by atoms with van der Waals surface area (Å²) in [5.74, 6) is 1.59. The molecule has 3 rings (SSSR count). The minimum atomic E-state index is 0.101. The Morgan fingerprint density at radius 1 is 1.13 bits per heavy atom. The Kier molecular flexibility index (Phi) is 4.62. The van der Waals surface area contributed by atoms with Crippen molar-refractivity contribution in [3.05, 3.63) is 64.7 Å².